The summed E-state index contributed by atoms with van der Waals surface area (Å²) in [4.78, 5) is 12.7. The number of nitrogens with zero attached hydrogens (tertiary/aromatic N) is 1. The van der Waals surface area contributed by atoms with Crippen LogP contribution in [0, 0.1) is 16.7 Å². The standard InChI is InChI=1S/C21H29N3O4S/c1-20(2)14-9-10-21(20,3)18(12-14)22-23-19(25)13-5-8-16(28-4)17(11-13)29(26,27)24-15-6-7-15/h5,8,11,14-15,24H,6-7,9-10,12H2,1-4H3,(H,23,25)/b22-18-/t14-,21+/m1/s1. The van der Waals surface area contributed by atoms with Crippen LogP contribution in [-0.2, 0) is 10.0 Å². The number of benzene rings is 1. The minimum absolute atomic E-state index is 0.00641. The van der Waals surface area contributed by atoms with Gasteiger partial charge in [-0.1, -0.05) is 20.8 Å². The summed E-state index contributed by atoms with van der Waals surface area (Å²) >= 11 is 0. The molecular formula is C21H29N3O4S. The molecule has 3 aliphatic carbocycles. The molecule has 2 atom stereocenters. The Balaban J connectivity index is 1.56. The number of hydrogen-bond acceptors (Lipinski definition) is 5. The zero-order valence-corrected chi connectivity index (χ0v) is 18.2. The summed E-state index contributed by atoms with van der Waals surface area (Å²) in [7, 11) is -2.34. The average molecular weight is 420 g/mol. The molecule has 3 fully saturated rings. The smallest absolute Gasteiger partial charge is 0.271 e. The van der Waals surface area contributed by atoms with Gasteiger partial charge in [0.15, 0.2) is 0 Å². The van der Waals surface area contributed by atoms with Gasteiger partial charge in [0, 0.05) is 22.7 Å². The van der Waals surface area contributed by atoms with E-state index in [-0.39, 0.29) is 33.1 Å². The molecule has 2 bridgehead atoms. The molecule has 1 amide bonds. The Morgan fingerprint density at radius 3 is 2.48 bits per heavy atom. The molecule has 4 rings (SSSR count). The highest BCUT2D eigenvalue weighted by molar-refractivity contribution is 7.89. The summed E-state index contributed by atoms with van der Waals surface area (Å²) in [5.41, 5.74) is 4.08. The lowest BCUT2D eigenvalue weighted by atomic mass is 9.70. The molecule has 0 aromatic heterocycles. The number of nitrogens with one attached hydrogen (secondary N) is 2. The third-order valence-corrected chi connectivity index (χ3v) is 8.96. The molecule has 7 nitrogen and oxygen atoms in total. The van der Waals surface area contributed by atoms with Crippen LogP contribution >= 0.6 is 0 Å². The van der Waals surface area contributed by atoms with Crippen molar-refractivity contribution in [2.45, 2.75) is 63.8 Å². The van der Waals surface area contributed by atoms with Gasteiger partial charge < -0.3 is 4.74 Å². The maximum atomic E-state index is 12.7. The lowest BCUT2D eigenvalue weighted by Gasteiger charge is -2.34. The van der Waals surface area contributed by atoms with E-state index in [0.29, 0.717) is 5.92 Å². The number of hydrogen-bond donors (Lipinski definition) is 2. The van der Waals surface area contributed by atoms with Gasteiger partial charge in [-0.2, -0.15) is 5.10 Å². The molecule has 3 aliphatic rings. The van der Waals surface area contributed by atoms with Gasteiger partial charge in [-0.15, -0.1) is 0 Å². The summed E-state index contributed by atoms with van der Waals surface area (Å²) < 4.78 is 33.1. The second kappa shape index (κ2) is 6.80. The van der Waals surface area contributed by atoms with Gasteiger partial charge in [-0.3, -0.25) is 4.79 Å². The third kappa shape index (κ3) is 3.36. The van der Waals surface area contributed by atoms with E-state index >= 15 is 0 Å². The second-order valence-corrected chi connectivity index (χ2v) is 10.9. The highest BCUT2D eigenvalue weighted by atomic mass is 32.2. The van der Waals surface area contributed by atoms with Gasteiger partial charge in [0.1, 0.15) is 10.6 Å². The summed E-state index contributed by atoms with van der Waals surface area (Å²) in [6.45, 7) is 6.79. The van der Waals surface area contributed by atoms with Gasteiger partial charge >= 0.3 is 0 Å². The lowest BCUT2D eigenvalue weighted by Crippen LogP contribution is -2.34. The summed E-state index contributed by atoms with van der Waals surface area (Å²) in [5.74, 6) is 0.380. The van der Waals surface area contributed by atoms with E-state index in [9.17, 15) is 13.2 Å². The van der Waals surface area contributed by atoms with Gasteiger partial charge in [0.05, 0.1) is 7.11 Å². The van der Waals surface area contributed by atoms with Gasteiger partial charge in [-0.25, -0.2) is 18.6 Å². The fourth-order valence-electron chi connectivity index (χ4n) is 4.79. The molecule has 3 saturated carbocycles. The molecular weight excluding hydrogens is 390 g/mol. The normalized spacial score (nSPS) is 29.2. The molecule has 158 valence electrons. The van der Waals surface area contributed by atoms with Crippen molar-refractivity contribution in [3.63, 3.8) is 0 Å². The van der Waals surface area contributed by atoms with E-state index in [4.69, 9.17) is 4.74 Å². The molecule has 0 aliphatic heterocycles. The first-order valence-corrected chi connectivity index (χ1v) is 11.6. The van der Waals surface area contributed by atoms with Crippen LogP contribution in [0.3, 0.4) is 0 Å². The van der Waals surface area contributed by atoms with E-state index in [1.165, 1.54) is 25.7 Å². The van der Waals surface area contributed by atoms with E-state index in [0.717, 1.165) is 31.4 Å². The second-order valence-electron chi connectivity index (χ2n) is 9.25. The number of carbonyl (C=O) groups excluding carboxylic acids is 1. The molecule has 0 radical (unpaired) electrons. The van der Waals surface area contributed by atoms with E-state index < -0.39 is 15.9 Å². The number of sulfonamides is 1. The summed E-state index contributed by atoms with van der Waals surface area (Å²) in [5, 5.41) is 4.46. The van der Waals surface area contributed by atoms with Crippen molar-refractivity contribution in [2.75, 3.05) is 7.11 Å². The molecule has 1 aromatic carbocycles. The monoisotopic (exact) mass is 419 g/mol. The van der Waals surface area contributed by atoms with Crippen molar-refractivity contribution < 1.29 is 17.9 Å². The Labute approximate surface area is 172 Å². The zero-order chi connectivity index (χ0) is 21.0. The Hall–Kier alpha value is -1.93. The van der Waals surface area contributed by atoms with Crippen LogP contribution in [0.4, 0.5) is 0 Å². The highest BCUT2D eigenvalue weighted by Gasteiger charge is 2.60. The SMILES string of the molecule is COc1ccc(C(=O)N/N=C2/C[C@H]3CC[C@]2(C)C3(C)C)cc1S(=O)(=O)NC1CC1. The number of hydrazone groups is 1. The van der Waals surface area contributed by atoms with Crippen molar-refractivity contribution in [2.24, 2.45) is 21.8 Å². The largest absolute Gasteiger partial charge is 0.495 e. The van der Waals surface area contributed by atoms with Gasteiger partial charge in [0.25, 0.3) is 5.91 Å². The highest BCUT2D eigenvalue weighted by Crippen LogP contribution is 2.63. The minimum Gasteiger partial charge on any atom is -0.495 e. The quantitative estimate of drug-likeness (QED) is 0.693. The fraction of sp³-hybridized carbons (Fsp3) is 0.619. The fourth-order valence-corrected chi connectivity index (χ4v) is 6.29. The molecule has 0 heterocycles. The van der Waals surface area contributed by atoms with Gasteiger partial charge in [0.2, 0.25) is 10.0 Å². The molecule has 0 unspecified atom stereocenters. The van der Waals surface area contributed by atoms with Crippen molar-refractivity contribution in [3.8, 4) is 5.75 Å². The maximum Gasteiger partial charge on any atom is 0.271 e. The van der Waals surface area contributed by atoms with Crippen LogP contribution in [0.5, 0.6) is 5.75 Å². The minimum atomic E-state index is -3.75. The third-order valence-electron chi connectivity index (χ3n) is 7.42. The number of rotatable bonds is 6. The average Bonchev–Trinajstić information content (AvgIpc) is 3.42. The Bertz CT molecular complexity index is 982. The lowest BCUT2D eigenvalue weighted by molar-refractivity contribution is 0.0953. The number of amides is 1. The number of ether oxygens (including phenoxy) is 1. The van der Waals surface area contributed by atoms with Crippen molar-refractivity contribution in [3.05, 3.63) is 23.8 Å². The van der Waals surface area contributed by atoms with Crippen molar-refractivity contribution in [1.29, 1.82) is 0 Å². The zero-order valence-electron chi connectivity index (χ0n) is 17.4. The molecule has 1 aromatic rings. The predicted molar refractivity (Wildman–Crippen MR) is 110 cm³/mol. The molecule has 0 saturated heterocycles. The Morgan fingerprint density at radius 1 is 1.21 bits per heavy atom. The molecule has 2 N–H and O–H groups in total. The van der Waals surface area contributed by atoms with Crippen LogP contribution in [0.1, 0.15) is 63.2 Å². The number of fused-ring (bicyclic) bond motifs is 2. The molecule has 8 heteroatoms. The van der Waals surface area contributed by atoms with E-state index in [1.807, 2.05) is 0 Å². The van der Waals surface area contributed by atoms with E-state index in [1.54, 1.807) is 6.07 Å². The molecule has 0 spiro atoms. The van der Waals surface area contributed by atoms with Gasteiger partial charge in [-0.05, 0) is 61.6 Å². The number of carbonyl (C=O) groups is 1. The summed E-state index contributed by atoms with van der Waals surface area (Å²) in [6, 6.07) is 4.38. The Morgan fingerprint density at radius 2 is 1.93 bits per heavy atom. The summed E-state index contributed by atoms with van der Waals surface area (Å²) in [6.07, 6.45) is 4.84. The van der Waals surface area contributed by atoms with Crippen LogP contribution in [0.25, 0.3) is 0 Å². The maximum absolute atomic E-state index is 12.7. The first kappa shape index (κ1) is 20.3. The van der Waals surface area contributed by atoms with Crippen molar-refractivity contribution in [1.82, 2.24) is 10.1 Å². The van der Waals surface area contributed by atoms with Crippen LogP contribution in [0.2, 0.25) is 0 Å². The van der Waals surface area contributed by atoms with E-state index in [2.05, 4.69) is 36.0 Å². The predicted octanol–water partition coefficient (Wildman–Crippen LogP) is 3.07. The first-order chi connectivity index (χ1) is 13.6. The van der Waals surface area contributed by atoms with Crippen LogP contribution in [0.15, 0.2) is 28.2 Å². The molecule has 29 heavy (non-hydrogen) atoms. The van der Waals surface area contributed by atoms with Crippen molar-refractivity contribution >= 4 is 21.6 Å². The van der Waals surface area contributed by atoms with Crippen LogP contribution in [-0.4, -0.2) is 33.2 Å². The van der Waals surface area contributed by atoms with Crippen LogP contribution < -0.4 is 14.9 Å². The number of methoxy groups -OCH3 is 1. The Kier molecular flexibility index (Phi) is 4.77. The topological polar surface area (TPSA) is 96.9 Å². The first-order valence-electron chi connectivity index (χ1n) is 10.2.